The third-order valence-corrected chi connectivity index (χ3v) is 5.81. The summed E-state index contributed by atoms with van der Waals surface area (Å²) in [5, 5.41) is 0. The van der Waals surface area contributed by atoms with Crippen molar-refractivity contribution in [2.75, 3.05) is 6.54 Å². The minimum atomic E-state index is -3.76. The molecule has 120 valence electrons. The van der Waals surface area contributed by atoms with Crippen LogP contribution in [0, 0.1) is 11.7 Å². The van der Waals surface area contributed by atoms with Gasteiger partial charge in [-0.1, -0.05) is 25.8 Å². The van der Waals surface area contributed by atoms with Gasteiger partial charge in [0.2, 0.25) is 10.0 Å². The Balaban J connectivity index is 0.00000220. The molecule has 2 unspecified atom stereocenters. The highest BCUT2D eigenvalue weighted by Crippen LogP contribution is 2.34. The Hall–Kier alpha value is -0.690. The molecule has 0 aliphatic heterocycles. The SMILES string of the molecule is CC1CCCCC1(CN)NS(=O)(=O)c1cccc(F)c1.Cl. The Kier molecular flexibility index (Phi) is 6.16. The highest BCUT2D eigenvalue weighted by Gasteiger charge is 2.40. The fourth-order valence-electron chi connectivity index (χ4n) is 2.87. The first-order valence-corrected chi connectivity index (χ1v) is 8.37. The first kappa shape index (κ1) is 18.4. The fourth-order valence-corrected chi connectivity index (χ4v) is 4.44. The lowest BCUT2D eigenvalue weighted by Crippen LogP contribution is -2.58. The lowest BCUT2D eigenvalue weighted by atomic mass is 9.74. The molecule has 0 radical (unpaired) electrons. The van der Waals surface area contributed by atoms with E-state index in [1.54, 1.807) is 0 Å². The fraction of sp³-hybridized carbons (Fsp3) is 0.571. The predicted molar refractivity (Wildman–Crippen MR) is 83.4 cm³/mol. The van der Waals surface area contributed by atoms with E-state index in [9.17, 15) is 12.8 Å². The molecule has 3 N–H and O–H groups in total. The van der Waals surface area contributed by atoms with Crippen molar-refractivity contribution in [3.63, 3.8) is 0 Å². The molecule has 0 bridgehead atoms. The van der Waals surface area contributed by atoms with Crippen LogP contribution in [0.1, 0.15) is 32.6 Å². The smallest absolute Gasteiger partial charge is 0.241 e. The quantitative estimate of drug-likeness (QED) is 0.887. The molecule has 0 aromatic heterocycles. The Morgan fingerprint density at radius 2 is 2.14 bits per heavy atom. The zero-order chi connectivity index (χ0) is 14.8. The summed E-state index contributed by atoms with van der Waals surface area (Å²) >= 11 is 0. The van der Waals surface area contributed by atoms with E-state index in [2.05, 4.69) is 4.72 Å². The van der Waals surface area contributed by atoms with Crippen molar-refractivity contribution in [3.05, 3.63) is 30.1 Å². The normalized spacial score (nSPS) is 26.1. The molecule has 1 aliphatic carbocycles. The van der Waals surface area contributed by atoms with Gasteiger partial charge < -0.3 is 5.73 Å². The Morgan fingerprint density at radius 1 is 1.43 bits per heavy atom. The first-order chi connectivity index (χ1) is 9.39. The maximum Gasteiger partial charge on any atom is 0.241 e. The van der Waals surface area contributed by atoms with Crippen LogP contribution in [0.3, 0.4) is 0 Å². The number of sulfonamides is 1. The van der Waals surface area contributed by atoms with Crippen molar-refractivity contribution in [2.45, 2.75) is 43.0 Å². The van der Waals surface area contributed by atoms with Crippen LogP contribution >= 0.6 is 12.4 Å². The van der Waals surface area contributed by atoms with E-state index < -0.39 is 21.4 Å². The number of nitrogens with two attached hydrogens (primary N) is 1. The van der Waals surface area contributed by atoms with Crippen molar-refractivity contribution in [3.8, 4) is 0 Å². The van der Waals surface area contributed by atoms with Crippen LogP contribution in [-0.4, -0.2) is 20.5 Å². The number of halogens is 2. The van der Waals surface area contributed by atoms with E-state index >= 15 is 0 Å². The van der Waals surface area contributed by atoms with Crippen LogP contribution in [-0.2, 0) is 10.0 Å². The molecule has 2 atom stereocenters. The Bertz CT molecular complexity index is 582. The summed E-state index contributed by atoms with van der Waals surface area (Å²) in [6, 6.07) is 5.04. The summed E-state index contributed by atoms with van der Waals surface area (Å²) in [4.78, 5) is -0.0527. The topological polar surface area (TPSA) is 72.2 Å². The van der Waals surface area contributed by atoms with Gasteiger partial charge in [-0.3, -0.25) is 0 Å². The average Bonchev–Trinajstić information content (AvgIpc) is 2.41. The maximum absolute atomic E-state index is 13.2. The average molecular weight is 337 g/mol. The third-order valence-electron chi connectivity index (χ3n) is 4.26. The van der Waals surface area contributed by atoms with Crippen molar-refractivity contribution in [2.24, 2.45) is 11.7 Å². The van der Waals surface area contributed by atoms with E-state index in [1.807, 2.05) is 6.92 Å². The summed E-state index contributed by atoms with van der Waals surface area (Å²) in [5.74, 6) is -0.393. The lowest BCUT2D eigenvalue weighted by Gasteiger charge is -2.42. The van der Waals surface area contributed by atoms with Gasteiger partial charge in [-0.15, -0.1) is 12.4 Å². The van der Waals surface area contributed by atoms with Crippen molar-refractivity contribution in [1.29, 1.82) is 0 Å². The maximum atomic E-state index is 13.2. The molecule has 1 saturated carbocycles. The number of nitrogens with one attached hydrogen (secondary N) is 1. The Morgan fingerprint density at radius 3 is 2.71 bits per heavy atom. The van der Waals surface area contributed by atoms with E-state index in [0.29, 0.717) is 0 Å². The highest BCUT2D eigenvalue weighted by atomic mass is 35.5. The van der Waals surface area contributed by atoms with Gasteiger partial charge in [0.05, 0.1) is 4.90 Å². The molecule has 0 amide bonds. The highest BCUT2D eigenvalue weighted by molar-refractivity contribution is 7.89. The molecule has 0 heterocycles. The number of rotatable bonds is 4. The summed E-state index contributed by atoms with van der Waals surface area (Å²) in [7, 11) is -3.76. The van der Waals surface area contributed by atoms with Gasteiger partial charge in [-0.05, 0) is 37.0 Å². The molecular formula is C14H22ClFN2O2S. The third kappa shape index (κ3) is 3.94. The second kappa shape index (κ2) is 7.05. The minimum Gasteiger partial charge on any atom is -0.329 e. The molecule has 2 rings (SSSR count). The summed E-state index contributed by atoms with van der Waals surface area (Å²) < 4.78 is 40.8. The van der Waals surface area contributed by atoms with Gasteiger partial charge in [-0.25, -0.2) is 17.5 Å². The van der Waals surface area contributed by atoms with Crippen molar-refractivity contribution < 1.29 is 12.8 Å². The van der Waals surface area contributed by atoms with Gasteiger partial charge in [0, 0.05) is 12.1 Å². The molecule has 4 nitrogen and oxygen atoms in total. The number of benzene rings is 1. The molecule has 0 saturated heterocycles. The first-order valence-electron chi connectivity index (χ1n) is 6.89. The largest absolute Gasteiger partial charge is 0.329 e. The van der Waals surface area contributed by atoms with E-state index in [0.717, 1.165) is 31.7 Å². The molecule has 1 aliphatic rings. The van der Waals surface area contributed by atoms with Crippen LogP contribution < -0.4 is 10.5 Å². The standard InChI is InChI=1S/C14H21FN2O2S.ClH/c1-11-5-2-3-8-14(11,10-16)17-20(18,19)13-7-4-6-12(15)9-13;/h4,6-7,9,11,17H,2-3,5,8,10,16H2,1H3;1H. The summed E-state index contributed by atoms with van der Waals surface area (Å²) in [5.41, 5.74) is 5.22. The molecule has 0 spiro atoms. The molecule has 1 fully saturated rings. The zero-order valence-corrected chi connectivity index (χ0v) is 13.6. The van der Waals surface area contributed by atoms with Crippen molar-refractivity contribution in [1.82, 2.24) is 4.72 Å². The molecule has 21 heavy (non-hydrogen) atoms. The van der Waals surface area contributed by atoms with Crippen LogP contribution in [0.15, 0.2) is 29.2 Å². The lowest BCUT2D eigenvalue weighted by molar-refractivity contribution is 0.191. The van der Waals surface area contributed by atoms with Gasteiger partial charge >= 0.3 is 0 Å². The Labute approximate surface area is 131 Å². The molecule has 1 aromatic carbocycles. The van der Waals surface area contributed by atoms with Crippen LogP contribution in [0.5, 0.6) is 0 Å². The van der Waals surface area contributed by atoms with Crippen LogP contribution in [0.2, 0.25) is 0 Å². The molecule has 1 aromatic rings. The van der Waals surface area contributed by atoms with E-state index in [1.165, 1.54) is 18.2 Å². The second-order valence-electron chi connectivity index (χ2n) is 5.57. The number of hydrogen-bond acceptors (Lipinski definition) is 3. The summed E-state index contributed by atoms with van der Waals surface area (Å²) in [6.45, 7) is 2.27. The predicted octanol–water partition coefficient (Wildman–Crippen LogP) is 2.43. The van der Waals surface area contributed by atoms with Gasteiger partial charge in [0.1, 0.15) is 5.82 Å². The molecular weight excluding hydrogens is 315 g/mol. The molecule has 7 heteroatoms. The van der Waals surface area contributed by atoms with Gasteiger partial charge in [-0.2, -0.15) is 0 Å². The zero-order valence-electron chi connectivity index (χ0n) is 12.0. The van der Waals surface area contributed by atoms with E-state index in [-0.39, 0.29) is 29.8 Å². The van der Waals surface area contributed by atoms with Gasteiger partial charge in [0.25, 0.3) is 0 Å². The van der Waals surface area contributed by atoms with Crippen LogP contribution in [0.4, 0.5) is 4.39 Å². The number of hydrogen-bond donors (Lipinski definition) is 2. The minimum absolute atomic E-state index is 0. The monoisotopic (exact) mass is 336 g/mol. The van der Waals surface area contributed by atoms with E-state index in [4.69, 9.17) is 5.73 Å². The van der Waals surface area contributed by atoms with Crippen LogP contribution in [0.25, 0.3) is 0 Å². The van der Waals surface area contributed by atoms with Crippen molar-refractivity contribution >= 4 is 22.4 Å². The second-order valence-corrected chi connectivity index (χ2v) is 7.25. The summed E-state index contributed by atoms with van der Waals surface area (Å²) in [6.07, 6.45) is 3.71. The van der Waals surface area contributed by atoms with Gasteiger partial charge in [0.15, 0.2) is 0 Å².